The highest BCUT2D eigenvalue weighted by atomic mass is 16.6. The maximum absolute atomic E-state index is 10.9. The Labute approximate surface area is 83.1 Å². The van der Waals surface area contributed by atoms with Crippen LogP contribution >= 0.6 is 0 Å². The van der Waals surface area contributed by atoms with Crippen LogP contribution in [0.3, 0.4) is 0 Å². The second kappa shape index (κ2) is 3.33. The van der Waals surface area contributed by atoms with Gasteiger partial charge in [0.2, 0.25) is 0 Å². The second-order valence-corrected chi connectivity index (χ2v) is 3.66. The Morgan fingerprint density at radius 3 is 2.79 bits per heavy atom. The first-order chi connectivity index (χ1) is 6.66. The van der Waals surface area contributed by atoms with Crippen LogP contribution < -0.4 is 5.32 Å². The molecular weight excluding hydrogens is 178 g/mol. The van der Waals surface area contributed by atoms with E-state index < -0.39 is 0 Å². The highest BCUT2D eigenvalue weighted by molar-refractivity contribution is 5.70. The topological polar surface area (TPSA) is 38.3 Å². The van der Waals surface area contributed by atoms with Gasteiger partial charge in [-0.25, -0.2) is 4.79 Å². The Balaban J connectivity index is 2.28. The average Bonchev–Trinajstić information content (AvgIpc) is 2.51. The molecule has 0 aromatic heterocycles. The first-order valence-corrected chi connectivity index (χ1v) is 4.67. The van der Waals surface area contributed by atoms with Crippen molar-refractivity contribution in [3.63, 3.8) is 0 Å². The average molecular weight is 191 g/mol. The Kier molecular flexibility index (Phi) is 2.15. The van der Waals surface area contributed by atoms with Crippen molar-refractivity contribution in [1.29, 1.82) is 0 Å². The zero-order valence-electron chi connectivity index (χ0n) is 8.33. The molecule has 1 amide bonds. The number of amides is 1. The van der Waals surface area contributed by atoms with E-state index in [4.69, 9.17) is 4.74 Å². The van der Waals surface area contributed by atoms with Crippen molar-refractivity contribution in [1.82, 2.24) is 5.32 Å². The molecule has 0 radical (unpaired) electrons. The van der Waals surface area contributed by atoms with Crippen molar-refractivity contribution in [3.8, 4) is 0 Å². The number of benzene rings is 1. The smallest absolute Gasteiger partial charge is 0.407 e. The third-order valence-electron chi connectivity index (χ3n) is 2.47. The molecule has 1 aliphatic heterocycles. The molecule has 1 aliphatic rings. The van der Waals surface area contributed by atoms with Crippen LogP contribution in [0.2, 0.25) is 0 Å². The van der Waals surface area contributed by atoms with Gasteiger partial charge in [0.05, 0.1) is 6.04 Å². The molecule has 1 heterocycles. The summed E-state index contributed by atoms with van der Waals surface area (Å²) in [6, 6.07) is 6.22. The third-order valence-corrected chi connectivity index (χ3v) is 2.47. The fourth-order valence-electron chi connectivity index (χ4n) is 1.77. The molecular formula is C11H13NO2. The summed E-state index contributed by atoms with van der Waals surface area (Å²) >= 11 is 0. The van der Waals surface area contributed by atoms with Gasteiger partial charge in [0.15, 0.2) is 0 Å². The molecule has 1 aromatic carbocycles. The molecule has 1 atom stereocenters. The van der Waals surface area contributed by atoms with Gasteiger partial charge in [-0.15, -0.1) is 0 Å². The molecule has 3 heteroatoms. The first-order valence-electron chi connectivity index (χ1n) is 4.67. The van der Waals surface area contributed by atoms with Crippen LogP contribution in [0.4, 0.5) is 4.79 Å². The molecule has 1 aromatic rings. The van der Waals surface area contributed by atoms with Gasteiger partial charge in [0.25, 0.3) is 0 Å². The van der Waals surface area contributed by atoms with Crippen LogP contribution in [0, 0.1) is 13.8 Å². The van der Waals surface area contributed by atoms with E-state index in [0.717, 1.165) is 5.56 Å². The van der Waals surface area contributed by atoms with Gasteiger partial charge in [0.1, 0.15) is 6.61 Å². The number of hydrogen-bond donors (Lipinski definition) is 1. The molecule has 74 valence electrons. The third kappa shape index (κ3) is 1.58. The van der Waals surface area contributed by atoms with Crippen LogP contribution in [0.1, 0.15) is 22.7 Å². The highest BCUT2D eigenvalue weighted by Gasteiger charge is 2.24. The van der Waals surface area contributed by atoms with Crippen molar-refractivity contribution >= 4 is 6.09 Å². The van der Waals surface area contributed by atoms with Crippen LogP contribution in [-0.4, -0.2) is 12.7 Å². The summed E-state index contributed by atoms with van der Waals surface area (Å²) in [6.07, 6.45) is -0.324. The zero-order valence-corrected chi connectivity index (χ0v) is 8.33. The molecule has 1 fully saturated rings. The number of hydrogen-bond acceptors (Lipinski definition) is 2. The Morgan fingerprint density at radius 1 is 1.43 bits per heavy atom. The normalized spacial score (nSPS) is 20.4. The summed E-state index contributed by atoms with van der Waals surface area (Å²) in [5.41, 5.74) is 3.57. The highest BCUT2D eigenvalue weighted by Crippen LogP contribution is 2.22. The number of alkyl carbamates (subject to hydrolysis) is 1. The molecule has 0 unspecified atom stereocenters. The van der Waals surface area contributed by atoms with Gasteiger partial charge >= 0.3 is 6.09 Å². The largest absolute Gasteiger partial charge is 0.447 e. The van der Waals surface area contributed by atoms with Crippen LogP contribution in [0.5, 0.6) is 0 Å². The minimum absolute atomic E-state index is 0.0168. The summed E-state index contributed by atoms with van der Waals surface area (Å²) in [7, 11) is 0. The molecule has 3 nitrogen and oxygen atoms in total. The van der Waals surface area contributed by atoms with Crippen LogP contribution in [0.15, 0.2) is 18.2 Å². The molecule has 0 saturated carbocycles. The lowest BCUT2D eigenvalue weighted by Gasteiger charge is -2.11. The predicted molar refractivity (Wildman–Crippen MR) is 53.1 cm³/mol. The fraction of sp³-hybridized carbons (Fsp3) is 0.364. The molecule has 2 rings (SSSR count). The van der Waals surface area contributed by atoms with Gasteiger partial charge in [0, 0.05) is 0 Å². The van der Waals surface area contributed by atoms with E-state index in [0.29, 0.717) is 6.61 Å². The summed E-state index contributed by atoms with van der Waals surface area (Å²) < 4.78 is 4.86. The standard InChI is InChI=1S/C11H13NO2/c1-7-3-4-9(8(2)5-7)10-6-14-11(13)12-10/h3-5,10H,6H2,1-2H3,(H,12,13)/t10-/m0/s1. The monoisotopic (exact) mass is 191 g/mol. The summed E-state index contributed by atoms with van der Waals surface area (Å²) in [4.78, 5) is 10.9. The Bertz CT molecular complexity index is 374. The SMILES string of the molecule is Cc1ccc([C@@H]2COC(=O)N2)c(C)c1. The maximum Gasteiger partial charge on any atom is 0.407 e. The van der Waals surface area contributed by atoms with E-state index in [1.165, 1.54) is 11.1 Å². The second-order valence-electron chi connectivity index (χ2n) is 3.66. The van der Waals surface area contributed by atoms with E-state index in [1.807, 2.05) is 19.1 Å². The van der Waals surface area contributed by atoms with E-state index in [9.17, 15) is 4.79 Å². The lowest BCUT2D eigenvalue weighted by Crippen LogP contribution is -2.19. The number of cyclic esters (lactones) is 1. The lowest BCUT2D eigenvalue weighted by atomic mass is 10.0. The van der Waals surface area contributed by atoms with Gasteiger partial charge in [-0.3, -0.25) is 0 Å². The predicted octanol–water partition coefficient (Wildman–Crippen LogP) is 2.08. The summed E-state index contributed by atoms with van der Waals surface area (Å²) in [6.45, 7) is 4.54. The van der Waals surface area contributed by atoms with Crippen molar-refractivity contribution in [3.05, 3.63) is 34.9 Å². The molecule has 0 spiro atoms. The molecule has 0 bridgehead atoms. The minimum atomic E-state index is -0.324. The van der Waals surface area contributed by atoms with Crippen molar-refractivity contribution in [2.45, 2.75) is 19.9 Å². The van der Waals surface area contributed by atoms with Crippen LogP contribution in [0.25, 0.3) is 0 Å². The quantitative estimate of drug-likeness (QED) is 0.738. The summed E-state index contributed by atoms with van der Waals surface area (Å²) in [5, 5.41) is 2.77. The number of aryl methyl sites for hydroxylation is 2. The Hall–Kier alpha value is -1.51. The molecule has 1 saturated heterocycles. The Morgan fingerprint density at radius 2 is 2.21 bits per heavy atom. The van der Waals surface area contributed by atoms with Gasteiger partial charge in [-0.1, -0.05) is 23.8 Å². The number of ether oxygens (including phenoxy) is 1. The van der Waals surface area contributed by atoms with E-state index in [-0.39, 0.29) is 12.1 Å². The van der Waals surface area contributed by atoms with E-state index in [1.54, 1.807) is 0 Å². The van der Waals surface area contributed by atoms with Gasteiger partial charge < -0.3 is 10.1 Å². The number of carbonyl (C=O) groups excluding carboxylic acids is 1. The fourth-order valence-corrected chi connectivity index (χ4v) is 1.77. The van der Waals surface area contributed by atoms with E-state index in [2.05, 4.69) is 18.3 Å². The van der Waals surface area contributed by atoms with Crippen molar-refractivity contribution < 1.29 is 9.53 Å². The van der Waals surface area contributed by atoms with Crippen LogP contribution in [-0.2, 0) is 4.74 Å². The van der Waals surface area contributed by atoms with Gasteiger partial charge in [-0.2, -0.15) is 0 Å². The van der Waals surface area contributed by atoms with Crippen molar-refractivity contribution in [2.75, 3.05) is 6.61 Å². The van der Waals surface area contributed by atoms with Gasteiger partial charge in [-0.05, 0) is 25.0 Å². The first kappa shape index (κ1) is 9.06. The number of carbonyl (C=O) groups is 1. The molecule has 1 N–H and O–H groups in total. The molecule has 0 aliphatic carbocycles. The lowest BCUT2D eigenvalue weighted by molar-refractivity contribution is 0.177. The maximum atomic E-state index is 10.9. The van der Waals surface area contributed by atoms with E-state index >= 15 is 0 Å². The summed E-state index contributed by atoms with van der Waals surface area (Å²) in [5.74, 6) is 0. The zero-order chi connectivity index (χ0) is 10.1. The number of nitrogens with one attached hydrogen (secondary N) is 1. The minimum Gasteiger partial charge on any atom is -0.447 e. The number of rotatable bonds is 1. The van der Waals surface area contributed by atoms with Crippen molar-refractivity contribution in [2.24, 2.45) is 0 Å². The molecule has 14 heavy (non-hydrogen) atoms.